The predicted octanol–water partition coefficient (Wildman–Crippen LogP) is 13.9. The molecule has 2 aliphatic rings. The first-order valence-electron chi connectivity index (χ1n) is 20.6. The standard InChI is InChI=1S/C56H36N2O4/c1-61-49-29-21-39-31-37(33-15-23-41(24-16-33)57-47-13-5-9-35-7-3-11-45(51(35)47)55(57)59)19-27-43(39)53(49)54-44-28-20-38(32-40(44)22-30-50(54)62-2)34-17-25-42(26-18-34)58-48-14-6-10-36-8-4-12-46(52(36)48)56(58)60/h3-32H,1-2H3. The number of methoxy groups -OCH3 is 2. The summed E-state index contributed by atoms with van der Waals surface area (Å²) in [5.41, 5.74) is 11.1. The normalized spacial score (nSPS) is 13.0. The van der Waals surface area contributed by atoms with Crippen LogP contribution in [0.3, 0.4) is 0 Å². The minimum atomic E-state index is -0.00702. The van der Waals surface area contributed by atoms with E-state index in [1.807, 2.05) is 94.7 Å². The second-order valence-corrected chi connectivity index (χ2v) is 15.9. The number of carbonyl (C=O) groups is 2. The van der Waals surface area contributed by atoms with Crippen LogP contribution in [0.4, 0.5) is 22.7 Å². The van der Waals surface area contributed by atoms with Gasteiger partial charge >= 0.3 is 0 Å². The monoisotopic (exact) mass is 800 g/mol. The van der Waals surface area contributed by atoms with Crippen molar-refractivity contribution in [2.75, 3.05) is 24.0 Å². The maximum Gasteiger partial charge on any atom is 0.263 e. The number of ether oxygens (including phenoxy) is 2. The van der Waals surface area contributed by atoms with Crippen molar-refractivity contribution >= 4 is 77.7 Å². The number of nitrogens with zero attached hydrogens (tertiary/aromatic N) is 2. The van der Waals surface area contributed by atoms with Crippen molar-refractivity contribution in [1.29, 1.82) is 0 Å². The van der Waals surface area contributed by atoms with Crippen LogP contribution in [0, 0.1) is 0 Å². The number of benzene rings is 10. The van der Waals surface area contributed by atoms with Gasteiger partial charge in [-0.15, -0.1) is 0 Å². The molecule has 0 saturated carbocycles. The topological polar surface area (TPSA) is 59.1 Å². The molecular weight excluding hydrogens is 765 g/mol. The Morgan fingerprint density at radius 3 is 1.16 bits per heavy atom. The number of anilines is 4. The lowest BCUT2D eigenvalue weighted by Gasteiger charge is -2.19. The van der Waals surface area contributed by atoms with E-state index < -0.39 is 0 Å². The molecule has 0 radical (unpaired) electrons. The van der Waals surface area contributed by atoms with Crippen molar-refractivity contribution in [3.63, 3.8) is 0 Å². The van der Waals surface area contributed by atoms with E-state index in [4.69, 9.17) is 9.47 Å². The third-order valence-corrected chi connectivity index (χ3v) is 12.7. The fourth-order valence-electron chi connectivity index (χ4n) is 9.78. The Morgan fingerprint density at radius 2 is 0.758 bits per heavy atom. The van der Waals surface area contributed by atoms with Crippen LogP contribution >= 0.6 is 0 Å². The summed E-state index contributed by atoms with van der Waals surface area (Å²) in [7, 11) is 3.41. The smallest absolute Gasteiger partial charge is 0.263 e. The summed E-state index contributed by atoms with van der Waals surface area (Å²) in [4.78, 5) is 30.8. The van der Waals surface area contributed by atoms with Crippen molar-refractivity contribution in [3.05, 3.63) is 193 Å². The lowest BCUT2D eigenvalue weighted by Crippen LogP contribution is -2.20. The van der Waals surface area contributed by atoms with Gasteiger partial charge in [-0.3, -0.25) is 19.4 Å². The van der Waals surface area contributed by atoms with Gasteiger partial charge in [0.25, 0.3) is 11.8 Å². The molecule has 2 heterocycles. The van der Waals surface area contributed by atoms with Crippen molar-refractivity contribution in [2.45, 2.75) is 0 Å². The molecular formula is C56H36N2O4. The minimum absolute atomic E-state index is 0.00702. The Labute approximate surface area is 357 Å². The molecule has 0 aliphatic carbocycles. The molecule has 0 bridgehead atoms. The highest BCUT2D eigenvalue weighted by Crippen LogP contribution is 2.48. The lowest BCUT2D eigenvalue weighted by molar-refractivity contribution is 0.0997. The Morgan fingerprint density at radius 1 is 0.371 bits per heavy atom. The summed E-state index contributed by atoms with van der Waals surface area (Å²) < 4.78 is 12.1. The Hall–Kier alpha value is -8.22. The van der Waals surface area contributed by atoms with Crippen LogP contribution < -0.4 is 19.3 Å². The third kappa shape index (κ3) is 5.23. The number of carbonyl (C=O) groups excluding carboxylic acids is 2. The van der Waals surface area contributed by atoms with Gasteiger partial charge in [-0.1, -0.05) is 109 Å². The Bertz CT molecular complexity index is 3290. The predicted molar refractivity (Wildman–Crippen MR) is 252 cm³/mol. The Balaban J connectivity index is 0.885. The van der Waals surface area contributed by atoms with Crippen LogP contribution in [0.5, 0.6) is 11.5 Å². The van der Waals surface area contributed by atoms with Crippen LogP contribution in [-0.4, -0.2) is 26.0 Å². The number of hydrogen-bond acceptors (Lipinski definition) is 4. The van der Waals surface area contributed by atoms with Crippen LogP contribution in [0.1, 0.15) is 20.7 Å². The van der Waals surface area contributed by atoms with Crippen molar-refractivity contribution < 1.29 is 19.1 Å². The fraction of sp³-hybridized carbons (Fsp3) is 0.0357. The summed E-state index contributed by atoms with van der Waals surface area (Å²) in [5, 5.41) is 8.33. The number of fused-ring (bicyclic) bond motifs is 2. The molecule has 0 unspecified atom stereocenters. The van der Waals surface area contributed by atoms with E-state index in [2.05, 4.69) is 97.1 Å². The van der Waals surface area contributed by atoms with E-state index >= 15 is 0 Å². The summed E-state index contributed by atoms with van der Waals surface area (Å²) in [6, 6.07) is 61.7. The third-order valence-electron chi connectivity index (χ3n) is 12.7. The van der Waals surface area contributed by atoms with Crippen LogP contribution in [0.2, 0.25) is 0 Å². The highest BCUT2D eigenvalue weighted by atomic mass is 16.5. The van der Waals surface area contributed by atoms with Gasteiger partial charge in [0.1, 0.15) is 11.5 Å². The Kier molecular flexibility index (Phi) is 7.87. The van der Waals surface area contributed by atoms with E-state index in [0.29, 0.717) is 0 Å². The number of hydrogen-bond donors (Lipinski definition) is 0. The second-order valence-electron chi connectivity index (χ2n) is 15.9. The summed E-state index contributed by atoms with van der Waals surface area (Å²) >= 11 is 0. The molecule has 10 aromatic rings. The van der Waals surface area contributed by atoms with Crippen LogP contribution in [0.15, 0.2) is 182 Å². The molecule has 2 aliphatic heterocycles. The molecule has 2 amide bonds. The first-order chi connectivity index (χ1) is 30.5. The summed E-state index contributed by atoms with van der Waals surface area (Å²) in [5.74, 6) is 1.49. The number of rotatable bonds is 7. The van der Waals surface area contributed by atoms with Crippen LogP contribution in [0.25, 0.3) is 76.5 Å². The average molecular weight is 801 g/mol. The molecule has 0 saturated heterocycles. The summed E-state index contributed by atoms with van der Waals surface area (Å²) in [6.45, 7) is 0. The van der Waals surface area contributed by atoms with E-state index in [9.17, 15) is 9.59 Å². The van der Waals surface area contributed by atoms with E-state index in [-0.39, 0.29) is 11.8 Å². The van der Waals surface area contributed by atoms with Gasteiger partial charge in [-0.2, -0.15) is 0 Å². The molecule has 6 nitrogen and oxygen atoms in total. The van der Waals surface area contributed by atoms with Crippen molar-refractivity contribution in [2.24, 2.45) is 0 Å². The maximum atomic E-state index is 13.6. The highest BCUT2D eigenvalue weighted by molar-refractivity contribution is 6.29. The zero-order chi connectivity index (χ0) is 41.6. The molecule has 0 atom stereocenters. The van der Waals surface area contributed by atoms with Gasteiger partial charge in [0, 0.05) is 33.3 Å². The molecule has 0 aromatic heterocycles. The molecule has 0 spiro atoms. The fourth-order valence-corrected chi connectivity index (χ4v) is 9.78. The molecule has 62 heavy (non-hydrogen) atoms. The average Bonchev–Trinajstić information content (AvgIpc) is 3.78. The van der Waals surface area contributed by atoms with Crippen molar-refractivity contribution in [1.82, 2.24) is 0 Å². The quantitative estimate of drug-likeness (QED) is 0.161. The van der Waals surface area contributed by atoms with E-state index in [1.54, 1.807) is 14.2 Å². The molecule has 12 rings (SSSR count). The molecule has 0 N–H and O–H groups in total. The zero-order valence-electron chi connectivity index (χ0n) is 33.8. The van der Waals surface area contributed by atoms with Crippen molar-refractivity contribution in [3.8, 4) is 44.9 Å². The molecule has 294 valence electrons. The number of amides is 2. The highest BCUT2D eigenvalue weighted by Gasteiger charge is 2.32. The maximum absolute atomic E-state index is 13.6. The van der Waals surface area contributed by atoms with Gasteiger partial charge in [-0.25, -0.2) is 0 Å². The van der Waals surface area contributed by atoms with Gasteiger partial charge < -0.3 is 9.47 Å². The molecule has 0 fully saturated rings. The minimum Gasteiger partial charge on any atom is -0.496 e. The van der Waals surface area contributed by atoms with E-state index in [0.717, 1.165) is 122 Å². The zero-order valence-corrected chi connectivity index (χ0v) is 33.8. The van der Waals surface area contributed by atoms with E-state index in [1.165, 1.54) is 0 Å². The van der Waals surface area contributed by atoms with Crippen LogP contribution in [-0.2, 0) is 0 Å². The first-order valence-corrected chi connectivity index (χ1v) is 20.6. The van der Waals surface area contributed by atoms with Gasteiger partial charge in [0.15, 0.2) is 0 Å². The summed E-state index contributed by atoms with van der Waals surface area (Å²) in [6.07, 6.45) is 0. The van der Waals surface area contributed by atoms with Gasteiger partial charge in [0.05, 0.1) is 36.7 Å². The SMILES string of the molecule is COc1ccc2cc(-c3ccc(N4C(=O)c5cccc6cccc4c56)cc3)ccc2c1-c1c(OC)ccc2cc(-c3ccc(N4C(=O)c5cccc6cccc4c56)cc3)ccc12. The lowest BCUT2D eigenvalue weighted by atomic mass is 9.90. The van der Waals surface area contributed by atoms with Gasteiger partial charge in [-0.05, 0) is 127 Å². The second kappa shape index (κ2) is 13.7. The molecule has 6 heteroatoms. The first kappa shape index (κ1) is 35.7. The van der Waals surface area contributed by atoms with Gasteiger partial charge in [0.2, 0.25) is 0 Å². The largest absolute Gasteiger partial charge is 0.496 e. The molecule has 10 aromatic carbocycles.